The van der Waals surface area contributed by atoms with E-state index in [4.69, 9.17) is 4.74 Å². The van der Waals surface area contributed by atoms with Crippen molar-refractivity contribution in [2.45, 2.75) is 19.4 Å². The second-order valence-corrected chi connectivity index (χ2v) is 5.01. The zero-order valence-electron chi connectivity index (χ0n) is 12.0. The molecule has 5 nitrogen and oxygen atoms in total. The average molecular weight is 295 g/mol. The second kappa shape index (κ2) is 6.56. The van der Waals surface area contributed by atoms with Gasteiger partial charge in [-0.05, 0) is 37.6 Å². The van der Waals surface area contributed by atoms with Crippen LogP contribution in [-0.4, -0.2) is 43.1 Å². The van der Waals surface area contributed by atoms with Crippen LogP contribution >= 0.6 is 0 Å². The van der Waals surface area contributed by atoms with E-state index in [0.717, 1.165) is 0 Å². The highest BCUT2D eigenvalue weighted by Crippen LogP contribution is 2.20. The molecule has 1 aliphatic heterocycles. The molecular formula is C15H18FNO4. The van der Waals surface area contributed by atoms with E-state index in [0.29, 0.717) is 25.3 Å². The van der Waals surface area contributed by atoms with Crippen LogP contribution in [0.15, 0.2) is 24.3 Å². The summed E-state index contributed by atoms with van der Waals surface area (Å²) in [6.07, 6.45) is -0.0892. The Morgan fingerprint density at radius 1 is 1.33 bits per heavy atom. The minimum absolute atomic E-state index is 0.189. The van der Waals surface area contributed by atoms with Crippen molar-refractivity contribution in [2.75, 3.05) is 20.2 Å². The number of ether oxygens (including phenoxy) is 2. The molecule has 2 atom stereocenters. The van der Waals surface area contributed by atoms with Crippen LogP contribution in [0.4, 0.5) is 4.39 Å². The third kappa shape index (κ3) is 3.71. The van der Waals surface area contributed by atoms with Crippen LogP contribution in [0, 0.1) is 11.7 Å². The summed E-state index contributed by atoms with van der Waals surface area (Å²) in [4.78, 5) is 25.3. The predicted octanol–water partition coefficient (Wildman–Crippen LogP) is 1.61. The molecule has 21 heavy (non-hydrogen) atoms. The van der Waals surface area contributed by atoms with Crippen molar-refractivity contribution >= 4 is 11.9 Å². The number of carbonyl (C=O) groups is 2. The Bertz CT molecular complexity index is 517. The highest BCUT2D eigenvalue weighted by Gasteiger charge is 2.34. The Kier molecular flexibility index (Phi) is 4.77. The highest BCUT2D eigenvalue weighted by molar-refractivity contribution is 5.82. The van der Waals surface area contributed by atoms with Crippen molar-refractivity contribution in [3.63, 3.8) is 0 Å². The fraction of sp³-hybridized carbons (Fsp3) is 0.467. The summed E-state index contributed by atoms with van der Waals surface area (Å²) in [6.45, 7) is 2.50. The zero-order chi connectivity index (χ0) is 15.4. The summed E-state index contributed by atoms with van der Waals surface area (Å²) in [5.41, 5.74) is 0. The van der Waals surface area contributed by atoms with Crippen LogP contribution < -0.4 is 4.74 Å². The zero-order valence-corrected chi connectivity index (χ0v) is 12.0. The fourth-order valence-corrected chi connectivity index (χ4v) is 2.34. The van der Waals surface area contributed by atoms with Crippen LogP contribution in [0.2, 0.25) is 0 Å². The minimum Gasteiger partial charge on any atom is -0.481 e. The van der Waals surface area contributed by atoms with E-state index in [1.54, 1.807) is 11.8 Å². The number of hydrogen-bond acceptors (Lipinski definition) is 4. The Labute approximate surface area is 122 Å². The summed E-state index contributed by atoms with van der Waals surface area (Å²) in [5.74, 6) is -0.678. The maximum atomic E-state index is 12.8. The van der Waals surface area contributed by atoms with Crippen LogP contribution in [-0.2, 0) is 14.3 Å². The van der Waals surface area contributed by atoms with Gasteiger partial charge in [-0.2, -0.15) is 0 Å². The molecule has 6 heteroatoms. The summed E-state index contributed by atoms with van der Waals surface area (Å²) < 4.78 is 23.0. The molecular weight excluding hydrogens is 277 g/mol. The Morgan fingerprint density at radius 2 is 2.00 bits per heavy atom. The van der Waals surface area contributed by atoms with Crippen molar-refractivity contribution in [3.8, 4) is 5.75 Å². The average Bonchev–Trinajstić information content (AvgIpc) is 2.97. The highest BCUT2D eigenvalue weighted by atomic mass is 19.1. The van der Waals surface area contributed by atoms with Crippen molar-refractivity contribution in [1.29, 1.82) is 0 Å². The smallest absolute Gasteiger partial charge is 0.310 e. The van der Waals surface area contributed by atoms with E-state index in [9.17, 15) is 14.0 Å². The van der Waals surface area contributed by atoms with Gasteiger partial charge in [-0.25, -0.2) is 4.39 Å². The minimum atomic E-state index is -0.688. The molecule has 0 saturated carbocycles. The van der Waals surface area contributed by atoms with Gasteiger partial charge in [0.2, 0.25) is 0 Å². The number of halogens is 1. The number of carbonyl (C=O) groups excluding carboxylic acids is 2. The molecule has 1 heterocycles. The number of amides is 1. The molecule has 2 unspecified atom stereocenters. The molecule has 1 fully saturated rings. The van der Waals surface area contributed by atoms with Gasteiger partial charge in [-0.3, -0.25) is 9.59 Å². The van der Waals surface area contributed by atoms with Gasteiger partial charge < -0.3 is 14.4 Å². The maximum absolute atomic E-state index is 12.8. The Balaban J connectivity index is 1.91. The first-order chi connectivity index (χ1) is 10.0. The summed E-state index contributed by atoms with van der Waals surface area (Å²) in [6, 6.07) is 5.49. The van der Waals surface area contributed by atoms with Crippen LogP contribution in [0.25, 0.3) is 0 Å². The number of benzene rings is 1. The Hall–Kier alpha value is -2.11. The third-order valence-corrected chi connectivity index (χ3v) is 3.51. The van der Waals surface area contributed by atoms with Gasteiger partial charge >= 0.3 is 5.97 Å². The van der Waals surface area contributed by atoms with Crippen LogP contribution in [0.3, 0.4) is 0 Å². The quantitative estimate of drug-likeness (QED) is 0.792. The molecule has 0 radical (unpaired) electrons. The largest absolute Gasteiger partial charge is 0.481 e. The first-order valence-corrected chi connectivity index (χ1v) is 6.80. The van der Waals surface area contributed by atoms with E-state index in [1.807, 2.05) is 0 Å². The van der Waals surface area contributed by atoms with E-state index >= 15 is 0 Å². The standard InChI is InChI=1S/C15H18FNO4/c1-10(21-13-5-3-12(16)4-6-13)14(18)17-8-7-11(9-17)15(19)20-2/h3-6,10-11H,7-9H2,1-2H3. The maximum Gasteiger partial charge on any atom is 0.310 e. The summed E-state index contributed by atoms with van der Waals surface area (Å²) >= 11 is 0. The SMILES string of the molecule is COC(=O)C1CCN(C(=O)C(C)Oc2ccc(F)cc2)C1. The van der Waals surface area contributed by atoms with Gasteiger partial charge in [0, 0.05) is 13.1 Å². The van der Waals surface area contributed by atoms with E-state index in [-0.39, 0.29) is 23.6 Å². The molecule has 0 aliphatic carbocycles. The lowest BCUT2D eigenvalue weighted by Crippen LogP contribution is -2.39. The lowest BCUT2D eigenvalue weighted by molar-refractivity contribution is -0.145. The molecule has 2 rings (SSSR count). The van der Waals surface area contributed by atoms with Gasteiger partial charge in [-0.1, -0.05) is 0 Å². The number of rotatable bonds is 4. The molecule has 0 bridgehead atoms. The van der Waals surface area contributed by atoms with Gasteiger partial charge in [-0.15, -0.1) is 0 Å². The molecule has 1 aromatic rings. The van der Waals surface area contributed by atoms with Gasteiger partial charge in [0.05, 0.1) is 13.0 Å². The van der Waals surface area contributed by atoms with Gasteiger partial charge in [0.15, 0.2) is 6.10 Å². The first kappa shape index (κ1) is 15.3. The molecule has 0 N–H and O–H groups in total. The van der Waals surface area contributed by atoms with Gasteiger partial charge in [0.25, 0.3) is 5.91 Å². The molecule has 114 valence electrons. The molecule has 1 aliphatic rings. The number of hydrogen-bond donors (Lipinski definition) is 0. The second-order valence-electron chi connectivity index (χ2n) is 5.01. The number of likely N-dealkylation sites (tertiary alicyclic amines) is 1. The normalized spacial score (nSPS) is 19.2. The number of esters is 1. The number of nitrogens with zero attached hydrogens (tertiary/aromatic N) is 1. The predicted molar refractivity (Wildman–Crippen MR) is 73.2 cm³/mol. The van der Waals surface area contributed by atoms with Crippen molar-refractivity contribution < 1.29 is 23.5 Å². The lowest BCUT2D eigenvalue weighted by atomic mass is 10.1. The molecule has 1 saturated heterocycles. The topological polar surface area (TPSA) is 55.8 Å². The van der Waals surface area contributed by atoms with Crippen molar-refractivity contribution in [1.82, 2.24) is 4.90 Å². The third-order valence-electron chi connectivity index (χ3n) is 3.51. The van der Waals surface area contributed by atoms with E-state index in [1.165, 1.54) is 31.4 Å². The molecule has 0 spiro atoms. The molecule has 1 amide bonds. The molecule has 0 aromatic heterocycles. The lowest BCUT2D eigenvalue weighted by Gasteiger charge is -2.21. The number of methoxy groups -OCH3 is 1. The van der Waals surface area contributed by atoms with Crippen LogP contribution in [0.5, 0.6) is 5.75 Å². The monoisotopic (exact) mass is 295 g/mol. The fourth-order valence-electron chi connectivity index (χ4n) is 2.34. The molecule has 1 aromatic carbocycles. The van der Waals surface area contributed by atoms with Crippen molar-refractivity contribution in [2.24, 2.45) is 5.92 Å². The van der Waals surface area contributed by atoms with Crippen molar-refractivity contribution in [3.05, 3.63) is 30.1 Å². The first-order valence-electron chi connectivity index (χ1n) is 6.80. The van der Waals surface area contributed by atoms with Crippen LogP contribution in [0.1, 0.15) is 13.3 Å². The van der Waals surface area contributed by atoms with E-state index < -0.39 is 6.10 Å². The Morgan fingerprint density at radius 3 is 2.62 bits per heavy atom. The van der Waals surface area contributed by atoms with E-state index in [2.05, 4.69) is 4.74 Å². The summed E-state index contributed by atoms with van der Waals surface area (Å²) in [5, 5.41) is 0. The van der Waals surface area contributed by atoms with Gasteiger partial charge in [0.1, 0.15) is 11.6 Å². The summed E-state index contributed by atoms with van der Waals surface area (Å²) in [7, 11) is 1.34.